The highest BCUT2D eigenvalue weighted by molar-refractivity contribution is 7.96. The van der Waals surface area contributed by atoms with Crippen molar-refractivity contribution in [2.24, 2.45) is 5.92 Å². The maximum atomic E-state index is 13.6. The largest absolute Gasteiger partial charge is 0.421 e. The molecule has 0 spiro atoms. The second kappa shape index (κ2) is 11.0. The molecule has 0 aromatic heterocycles. The Morgan fingerprint density at radius 2 is 1.78 bits per heavy atom. The Labute approximate surface area is 244 Å². The number of anilines is 1. The maximum Gasteiger partial charge on any atom is 0.421 e. The van der Waals surface area contributed by atoms with Gasteiger partial charge in [-0.15, -0.1) is 0 Å². The van der Waals surface area contributed by atoms with Gasteiger partial charge in [-0.1, -0.05) is 36.5 Å². The molecule has 1 aromatic carbocycles. The lowest BCUT2D eigenvalue weighted by molar-refractivity contribution is -0.258. The van der Waals surface area contributed by atoms with Gasteiger partial charge in [-0.3, -0.25) is 4.90 Å². The molecule has 2 aliphatic heterocycles. The number of thiocarbonyl (C=S) groups is 1. The van der Waals surface area contributed by atoms with Gasteiger partial charge in [-0.05, 0) is 49.5 Å². The second-order valence-corrected chi connectivity index (χ2v) is 16.1. The molecule has 3 atom stereocenters. The van der Waals surface area contributed by atoms with Crippen molar-refractivity contribution in [2.45, 2.75) is 50.0 Å². The number of benzene rings is 1. The van der Waals surface area contributed by atoms with Crippen LogP contribution in [0.1, 0.15) is 31.7 Å². The van der Waals surface area contributed by atoms with E-state index in [1.54, 1.807) is 12.2 Å². The number of alkyl halides is 3. The van der Waals surface area contributed by atoms with Crippen LogP contribution in [0.3, 0.4) is 0 Å². The Hall–Kier alpha value is -1.84. The van der Waals surface area contributed by atoms with E-state index in [4.69, 9.17) is 12.2 Å². The van der Waals surface area contributed by atoms with E-state index in [1.807, 2.05) is 4.90 Å². The summed E-state index contributed by atoms with van der Waals surface area (Å²) in [5.41, 5.74) is -2.72. The van der Waals surface area contributed by atoms with Gasteiger partial charge in [0.05, 0.1) is 22.5 Å². The van der Waals surface area contributed by atoms with E-state index < -0.39 is 37.7 Å². The first kappa shape index (κ1) is 30.6. The van der Waals surface area contributed by atoms with E-state index >= 15 is 0 Å². The van der Waals surface area contributed by atoms with Crippen molar-refractivity contribution >= 4 is 42.6 Å². The fourth-order valence-electron chi connectivity index (χ4n) is 5.86. The SMILES string of the molecule is C[C@@](O)(c1ccc(N2CCN(S(=O)(=O)C3=CC=CCC3=S)C[C@@H]2CN2CCS(=O)(=O)C[C@H]2C2CC2)cc1)C(F)(F)F. The van der Waals surface area contributed by atoms with Crippen LogP contribution in [0.5, 0.6) is 0 Å². The summed E-state index contributed by atoms with van der Waals surface area (Å²) in [6.07, 6.45) is 2.38. The predicted molar refractivity (Wildman–Crippen MR) is 155 cm³/mol. The lowest BCUT2D eigenvalue weighted by Crippen LogP contribution is -2.61. The van der Waals surface area contributed by atoms with Crippen molar-refractivity contribution < 1.29 is 35.1 Å². The van der Waals surface area contributed by atoms with Crippen molar-refractivity contribution in [3.05, 3.63) is 53.0 Å². The third kappa shape index (κ3) is 6.28. The molecular weight excluding hydrogens is 600 g/mol. The van der Waals surface area contributed by atoms with Gasteiger partial charge in [0.2, 0.25) is 10.0 Å². The van der Waals surface area contributed by atoms with Crippen molar-refractivity contribution in [3.63, 3.8) is 0 Å². The Morgan fingerprint density at radius 3 is 2.39 bits per heavy atom. The van der Waals surface area contributed by atoms with Crippen LogP contribution in [0, 0.1) is 5.92 Å². The lowest BCUT2D eigenvalue weighted by Gasteiger charge is -2.46. The van der Waals surface area contributed by atoms with E-state index in [-0.39, 0.29) is 53.6 Å². The average Bonchev–Trinajstić information content (AvgIpc) is 3.75. The zero-order chi connectivity index (χ0) is 29.8. The van der Waals surface area contributed by atoms with Crippen molar-refractivity contribution in [1.82, 2.24) is 9.21 Å². The number of allylic oxidation sites excluding steroid dienone is 4. The molecule has 0 amide bonds. The molecule has 1 N–H and O–H groups in total. The molecule has 0 bridgehead atoms. The van der Waals surface area contributed by atoms with E-state index in [2.05, 4.69) is 4.90 Å². The summed E-state index contributed by atoms with van der Waals surface area (Å²) in [6.45, 7) is 1.97. The van der Waals surface area contributed by atoms with Crippen LogP contribution in [-0.2, 0) is 25.5 Å². The van der Waals surface area contributed by atoms with Gasteiger partial charge < -0.3 is 10.0 Å². The summed E-state index contributed by atoms with van der Waals surface area (Å²) in [6, 6.07) is 4.95. The van der Waals surface area contributed by atoms with Gasteiger partial charge in [0.15, 0.2) is 15.4 Å². The fraction of sp³-hybridized carbons (Fsp3) is 0.593. The molecule has 2 heterocycles. The number of sulfone groups is 1. The van der Waals surface area contributed by atoms with Crippen LogP contribution in [0.2, 0.25) is 0 Å². The Kier molecular flexibility index (Phi) is 8.23. The number of aliphatic hydroxyl groups is 1. The van der Waals surface area contributed by atoms with E-state index in [0.717, 1.165) is 12.8 Å². The third-order valence-corrected chi connectivity index (χ3v) is 12.7. The summed E-state index contributed by atoms with van der Waals surface area (Å²) in [5.74, 6) is 0.378. The minimum Gasteiger partial charge on any atom is -0.376 e. The number of piperazine rings is 1. The summed E-state index contributed by atoms with van der Waals surface area (Å²) in [7, 11) is -7.06. The van der Waals surface area contributed by atoms with Crippen molar-refractivity contribution in [2.75, 3.05) is 49.1 Å². The zero-order valence-electron chi connectivity index (χ0n) is 22.6. The van der Waals surface area contributed by atoms with Gasteiger partial charge in [0.1, 0.15) is 0 Å². The van der Waals surface area contributed by atoms with Crippen LogP contribution in [-0.4, -0.2) is 98.5 Å². The highest BCUT2D eigenvalue weighted by Crippen LogP contribution is 2.40. The molecule has 2 saturated heterocycles. The number of nitrogens with zero attached hydrogens (tertiary/aromatic N) is 3. The van der Waals surface area contributed by atoms with Crippen LogP contribution in [0.15, 0.2) is 47.4 Å². The quantitative estimate of drug-likeness (QED) is 0.458. The molecule has 5 rings (SSSR count). The molecule has 1 saturated carbocycles. The lowest BCUT2D eigenvalue weighted by atomic mass is 9.95. The molecule has 41 heavy (non-hydrogen) atoms. The minimum atomic E-state index is -4.85. The highest BCUT2D eigenvalue weighted by atomic mass is 32.2. The Morgan fingerprint density at radius 1 is 1.10 bits per heavy atom. The average molecular weight is 634 g/mol. The number of sulfonamides is 1. The van der Waals surface area contributed by atoms with Crippen LogP contribution in [0.4, 0.5) is 18.9 Å². The monoisotopic (exact) mass is 633 g/mol. The molecule has 1 aromatic rings. The minimum absolute atomic E-state index is 0.0274. The number of halogens is 3. The third-order valence-electron chi connectivity index (χ3n) is 8.53. The zero-order valence-corrected chi connectivity index (χ0v) is 25.1. The second-order valence-electron chi connectivity index (χ2n) is 11.4. The summed E-state index contributed by atoms with van der Waals surface area (Å²) in [4.78, 5) is 4.55. The molecule has 0 unspecified atom stereocenters. The van der Waals surface area contributed by atoms with Gasteiger partial charge >= 0.3 is 6.18 Å². The first-order valence-corrected chi connectivity index (χ1v) is 17.3. The van der Waals surface area contributed by atoms with Gasteiger partial charge in [-0.2, -0.15) is 17.5 Å². The summed E-state index contributed by atoms with van der Waals surface area (Å²) >= 11 is 5.34. The molecule has 14 heteroatoms. The summed E-state index contributed by atoms with van der Waals surface area (Å²) in [5, 5.41) is 10.1. The van der Waals surface area contributed by atoms with Crippen molar-refractivity contribution in [1.29, 1.82) is 0 Å². The maximum absolute atomic E-state index is 13.6. The number of hydrogen-bond donors (Lipinski definition) is 1. The van der Waals surface area contributed by atoms with Crippen LogP contribution < -0.4 is 4.90 Å². The molecular formula is C27H34F3N3O5S3. The fourth-order valence-corrected chi connectivity index (χ4v) is 9.61. The van der Waals surface area contributed by atoms with Gasteiger partial charge in [-0.25, -0.2) is 16.8 Å². The van der Waals surface area contributed by atoms with E-state index in [9.17, 15) is 35.1 Å². The first-order chi connectivity index (χ1) is 19.1. The van der Waals surface area contributed by atoms with Crippen LogP contribution in [0.25, 0.3) is 0 Å². The normalized spacial score (nSPS) is 27.9. The molecule has 226 valence electrons. The molecule has 0 radical (unpaired) electrons. The van der Waals surface area contributed by atoms with Crippen LogP contribution >= 0.6 is 12.2 Å². The standard InChI is InChI=1S/C27H34F3N3O5S3/c1-26(34,27(28,29)30)20-8-10-21(11-9-20)33-13-12-32(41(37,38)25-5-3-2-4-24(25)39)17-22(33)16-31-14-15-40(35,36)18-23(31)19-6-7-19/h2-3,5,8-11,19,22-23,34H,4,6-7,12-18H2,1H3/t22-,23-,26+/m0/s1. The topological polar surface area (TPSA) is 98.2 Å². The van der Waals surface area contributed by atoms with Gasteiger partial charge in [0, 0.05) is 55.7 Å². The highest BCUT2D eigenvalue weighted by Gasteiger charge is 2.51. The summed E-state index contributed by atoms with van der Waals surface area (Å²) < 4.78 is 93.8. The van der Waals surface area contributed by atoms with Crippen molar-refractivity contribution in [3.8, 4) is 0 Å². The number of rotatable bonds is 7. The van der Waals surface area contributed by atoms with E-state index in [0.29, 0.717) is 37.0 Å². The predicted octanol–water partition coefficient (Wildman–Crippen LogP) is 3.00. The Balaban J connectivity index is 1.44. The first-order valence-electron chi connectivity index (χ1n) is 13.6. The molecule has 3 fully saturated rings. The number of hydrogen-bond acceptors (Lipinski definition) is 8. The molecule has 4 aliphatic rings. The molecule has 8 nitrogen and oxygen atoms in total. The van der Waals surface area contributed by atoms with E-state index in [1.165, 1.54) is 34.6 Å². The Bertz CT molecular complexity index is 1450. The molecule has 2 aliphatic carbocycles. The smallest absolute Gasteiger partial charge is 0.376 e. The van der Waals surface area contributed by atoms with Gasteiger partial charge in [0.25, 0.3) is 0 Å².